The van der Waals surface area contributed by atoms with Crippen molar-refractivity contribution >= 4 is 27.6 Å². The predicted octanol–water partition coefficient (Wildman–Crippen LogP) is 3.27. The second kappa shape index (κ2) is 6.49. The van der Waals surface area contributed by atoms with Crippen LogP contribution in [0.15, 0.2) is 18.2 Å². The highest BCUT2D eigenvalue weighted by Gasteiger charge is 2.18. The summed E-state index contributed by atoms with van der Waals surface area (Å²) < 4.78 is 5.01. The summed E-state index contributed by atoms with van der Waals surface area (Å²) in [5, 5.41) is 11.3. The Kier molecular flexibility index (Phi) is 5.27. The zero-order valence-electron chi connectivity index (χ0n) is 10.2. The Bertz CT molecular complexity index is 459. The molecule has 5 nitrogen and oxygen atoms in total. The number of esters is 1. The fourth-order valence-electron chi connectivity index (χ4n) is 1.54. The molecule has 0 N–H and O–H groups in total. The number of benzene rings is 1. The zero-order chi connectivity index (χ0) is 13.7. The molecule has 0 saturated carbocycles. The van der Waals surface area contributed by atoms with E-state index in [2.05, 4.69) is 15.9 Å². The number of carbonyl (C=O) groups excluding carboxylic acids is 1. The third kappa shape index (κ3) is 3.53. The molecule has 0 unspecified atom stereocenters. The monoisotopic (exact) mass is 315 g/mol. The fourth-order valence-corrected chi connectivity index (χ4v) is 1.70. The van der Waals surface area contributed by atoms with Gasteiger partial charge in [0.05, 0.1) is 10.5 Å². The van der Waals surface area contributed by atoms with Crippen LogP contribution < -0.4 is 0 Å². The summed E-state index contributed by atoms with van der Waals surface area (Å²) in [6, 6.07) is 4.19. The lowest BCUT2D eigenvalue weighted by Gasteiger charge is -2.11. The Morgan fingerprint density at radius 1 is 1.50 bits per heavy atom. The summed E-state index contributed by atoms with van der Waals surface area (Å²) in [5.74, 6) is -0.440. The predicted molar refractivity (Wildman–Crippen MR) is 71.3 cm³/mol. The minimum absolute atomic E-state index is 0.0106. The molecule has 6 heteroatoms. The first kappa shape index (κ1) is 14.6. The van der Waals surface area contributed by atoms with Gasteiger partial charge < -0.3 is 4.74 Å². The molecule has 0 aliphatic rings. The summed E-state index contributed by atoms with van der Waals surface area (Å²) in [6.07, 6.45) is 0. The molecule has 1 rings (SSSR count). The van der Waals surface area contributed by atoms with Crippen molar-refractivity contribution in [1.29, 1.82) is 0 Å². The number of nitro groups is 1. The number of carbonyl (C=O) groups is 1. The molecule has 18 heavy (non-hydrogen) atoms. The minimum Gasteiger partial charge on any atom is -0.461 e. The van der Waals surface area contributed by atoms with Gasteiger partial charge in [0, 0.05) is 17.5 Å². The van der Waals surface area contributed by atoms with Gasteiger partial charge in [-0.05, 0) is 17.5 Å². The first-order valence-corrected chi connectivity index (χ1v) is 6.61. The average Bonchev–Trinajstić information content (AvgIpc) is 2.34. The van der Waals surface area contributed by atoms with Crippen molar-refractivity contribution in [1.82, 2.24) is 0 Å². The van der Waals surface area contributed by atoms with Gasteiger partial charge >= 0.3 is 5.97 Å². The summed E-state index contributed by atoms with van der Waals surface area (Å²) in [6.45, 7) is 4.02. The van der Waals surface area contributed by atoms with Crippen LogP contribution >= 0.6 is 15.9 Å². The van der Waals surface area contributed by atoms with E-state index in [4.69, 9.17) is 4.74 Å². The van der Waals surface area contributed by atoms with Crippen LogP contribution in [0.2, 0.25) is 0 Å². The number of rotatable bonds is 5. The van der Waals surface area contributed by atoms with Gasteiger partial charge in [-0.25, -0.2) is 4.79 Å². The summed E-state index contributed by atoms with van der Waals surface area (Å²) >= 11 is 3.16. The lowest BCUT2D eigenvalue weighted by Crippen LogP contribution is -2.11. The van der Waals surface area contributed by atoms with E-state index in [1.54, 1.807) is 0 Å². The minimum atomic E-state index is -0.473. The molecule has 0 bridgehead atoms. The average molecular weight is 316 g/mol. The Balaban J connectivity index is 3.11. The normalized spacial score (nSPS) is 10.4. The third-order valence-electron chi connectivity index (χ3n) is 2.40. The van der Waals surface area contributed by atoms with Gasteiger partial charge in [-0.15, -0.1) is 0 Å². The van der Waals surface area contributed by atoms with Crippen LogP contribution in [-0.4, -0.2) is 22.8 Å². The Hall–Kier alpha value is -1.43. The summed E-state index contributed by atoms with van der Waals surface area (Å²) in [4.78, 5) is 22.0. The molecule has 0 fully saturated rings. The molecule has 0 aromatic heterocycles. The highest BCUT2D eigenvalue weighted by Crippen LogP contribution is 2.25. The van der Waals surface area contributed by atoms with Crippen LogP contribution in [-0.2, 0) is 4.74 Å². The van der Waals surface area contributed by atoms with Crippen LogP contribution in [0.4, 0.5) is 5.69 Å². The lowest BCUT2D eigenvalue weighted by atomic mass is 9.96. The Morgan fingerprint density at radius 3 is 2.67 bits per heavy atom. The smallest absolute Gasteiger partial charge is 0.338 e. The molecule has 98 valence electrons. The molecule has 1 aromatic carbocycles. The highest BCUT2D eigenvalue weighted by atomic mass is 79.9. The SMILES string of the molecule is CC(C)c1cc([N+](=O)[O-])ccc1C(=O)OCCBr. The topological polar surface area (TPSA) is 69.4 Å². The van der Waals surface area contributed by atoms with Crippen molar-refractivity contribution in [3.05, 3.63) is 39.4 Å². The fraction of sp³-hybridized carbons (Fsp3) is 0.417. The van der Waals surface area contributed by atoms with Gasteiger partial charge in [0.15, 0.2) is 0 Å². The van der Waals surface area contributed by atoms with E-state index in [0.29, 0.717) is 16.5 Å². The second-order valence-corrected chi connectivity index (χ2v) is 4.80. The van der Waals surface area contributed by atoms with Crippen molar-refractivity contribution in [2.45, 2.75) is 19.8 Å². The van der Waals surface area contributed by atoms with Crippen LogP contribution in [0.1, 0.15) is 35.7 Å². The van der Waals surface area contributed by atoms with Gasteiger partial charge in [-0.2, -0.15) is 0 Å². The van der Waals surface area contributed by atoms with E-state index in [1.165, 1.54) is 18.2 Å². The molecule has 0 heterocycles. The molecular weight excluding hydrogens is 302 g/mol. The number of ether oxygens (including phenoxy) is 1. The first-order valence-electron chi connectivity index (χ1n) is 5.48. The van der Waals surface area contributed by atoms with E-state index in [9.17, 15) is 14.9 Å². The second-order valence-electron chi connectivity index (χ2n) is 4.01. The highest BCUT2D eigenvalue weighted by molar-refractivity contribution is 9.09. The molecule has 1 aromatic rings. The van der Waals surface area contributed by atoms with Crippen molar-refractivity contribution in [2.24, 2.45) is 0 Å². The molecule has 0 aliphatic heterocycles. The zero-order valence-corrected chi connectivity index (χ0v) is 11.8. The molecule has 0 aliphatic carbocycles. The summed E-state index contributed by atoms with van der Waals surface area (Å²) in [5.41, 5.74) is 0.996. The molecular formula is C12H14BrNO4. The molecule has 0 amide bonds. The van der Waals surface area contributed by atoms with Crippen molar-refractivity contribution in [3.8, 4) is 0 Å². The first-order chi connectivity index (χ1) is 8.47. The number of hydrogen-bond donors (Lipinski definition) is 0. The van der Waals surface area contributed by atoms with Crippen molar-refractivity contribution < 1.29 is 14.5 Å². The number of non-ortho nitro benzene ring substituents is 1. The Labute approximate surface area is 113 Å². The largest absolute Gasteiger partial charge is 0.461 e. The quantitative estimate of drug-likeness (QED) is 0.362. The molecule has 0 spiro atoms. The Morgan fingerprint density at radius 2 is 2.17 bits per heavy atom. The van der Waals surface area contributed by atoms with E-state index < -0.39 is 10.9 Å². The van der Waals surface area contributed by atoms with Crippen LogP contribution in [0.5, 0.6) is 0 Å². The van der Waals surface area contributed by atoms with Crippen LogP contribution in [0.3, 0.4) is 0 Å². The molecule has 0 radical (unpaired) electrons. The van der Waals surface area contributed by atoms with Gasteiger partial charge in [0.2, 0.25) is 0 Å². The standard InChI is InChI=1S/C12H14BrNO4/c1-8(2)11-7-9(14(16)17)3-4-10(11)12(15)18-6-5-13/h3-4,7-8H,5-6H2,1-2H3. The van der Waals surface area contributed by atoms with Crippen molar-refractivity contribution in [2.75, 3.05) is 11.9 Å². The molecule has 0 saturated heterocycles. The van der Waals surface area contributed by atoms with E-state index >= 15 is 0 Å². The maximum atomic E-state index is 11.8. The summed E-state index contributed by atoms with van der Waals surface area (Å²) in [7, 11) is 0. The number of nitrogens with zero attached hydrogens (tertiary/aromatic N) is 1. The van der Waals surface area contributed by atoms with Gasteiger partial charge in [0.1, 0.15) is 6.61 Å². The number of nitro benzene ring substituents is 1. The molecule has 0 atom stereocenters. The van der Waals surface area contributed by atoms with Crippen molar-refractivity contribution in [3.63, 3.8) is 0 Å². The lowest BCUT2D eigenvalue weighted by molar-refractivity contribution is -0.384. The maximum absolute atomic E-state index is 11.8. The van der Waals surface area contributed by atoms with Gasteiger partial charge in [-0.1, -0.05) is 29.8 Å². The third-order valence-corrected chi connectivity index (χ3v) is 2.72. The van der Waals surface area contributed by atoms with Gasteiger partial charge in [-0.3, -0.25) is 10.1 Å². The van der Waals surface area contributed by atoms with Gasteiger partial charge in [0.25, 0.3) is 5.69 Å². The number of halogens is 1. The van der Waals surface area contributed by atoms with Crippen LogP contribution in [0, 0.1) is 10.1 Å². The maximum Gasteiger partial charge on any atom is 0.338 e. The van der Waals surface area contributed by atoms with E-state index in [-0.39, 0.29) is 18.2 Å². The van der Waals surface area contributed by atoms with Crippen LogP contribution in [0.25, 0.3) is 0 Å². The number of hydrogen-bond acceptors (Lipinski definition) is 4. The van der Waals surface area contributed by atoms with E-state index in [0.717, 1.165) is 0 Å². The number of alkyl halides is 1. The van der Waals surface area contributed by atoms with E-state index in [1.807, 2.05) is 13.8 Å².